The Balaban J connectivity index is 1.63. The summed E-state index contributed by atoms with van der Waals surface area (Å²) < 4.78 is 28.5. The van der Waals surface area contributed by atoms with Crippen LogP contribution in [0.1, 0.15) is 40.5 Å². The van der Waals surface area contributed by atoms with Crippen molar-refractivity contribution >= 4 is 0 Å². The number of hydrogen-bond acceptors (Lipinski definition) is 5. The summed E-state index contributed by atoms with van der Waals surface area (Å²) in [6, 6.07) is 0. The van der Waals surface area contributed by atoms with Crippen LogP contribution in [0.2, 0.25) is 0 Å². The first-order valence-corrected chi connectivity index (χ1v) is 7.20. The average Bonchev–Trinajstić information content (AvgIpc) is 2.96. The molecule has 4 unspecified atom stereocenters. The molecule has 0 amide bonds. The Morgan fingerprint density at radius 1 is 0.895 bits per heavy atom. The molecule has 19 heavy (non-hydrogen) atoms. The molecule has 0 aromatic carbocycles. The van der Waals surface area contributed by atoms with Gasteiger partial charge in [0, 0.05) is 0 Å². The van der Waals surface area contributed by atoms with Crippen molar-refractivity contribution in [3.63, 3.8) is 0 Å². The lowest BCUT2D eigenvalue weighted by Crippen LogP contribution is -2.29. The van der Waals surface area contributed by atoms with Gasteiger partial charge < -0.3 is 23.7 Å². The summed E-state index contributed by atoms with van der Waals surface area (Å²) in [6.07, 6.45) is 1.73. The molecule has 2 aliphatic heterocycles. The van der Waals surface area contributed by atoms with Crippen molar-refractivity contribution in [3.8, 4) is 0 Å². The molecule has 0 saturated carbocycles. The monoisotopic (exact) mass is 274 g/mol. The van der Waals surface area contributed by atoms with Crippen LogP contribution in [0.5, 0.6) is 0 Å². The lowest BCUT2D eigenvalue weighted by molar-refractivity contribution is -0.169. The Labute approximate surface area is 115 Å². The van der Waals surface area contributed by atoms with Crippen molar-refractivity contribution in [2.75, 3.05) is 26.4 Å². The molecule has 4 atom stereocenters. The van der Waals surface area contributed by atoms with Gasteiger partial charge in [0.05, 0.1) is 26.4 Å². The smallest absolute Gasteiger partial charge is 0.165 e. The molecule has 5 nitrogen and oxygen atoms in total. The highest BCUT2D eigenvalue weighted by atomic mass is 16.8. The predicted molar refractivity (Wildman–Crippen MR) is 69.9 cm³/mol. The standard InChI is InChI=1S/C14H26O5/c1-5-13(3)16-9-11(18-13)7-15-8-12-10-17-14(4,6-2)19-12/h11-12H,5-10H2,1-4H3. The van der Waals surface area contributed by atoms with E-state index in [1.807, 2.05) is 13.8 Å². The number of hydrogen-bond donors (Lipinski definition) is 0. The van der Waals surface area contributed by atoms with E-state index in [0.29, 0.717) is 26.4 Å². The molecule has 2 heterocycles. The quantitative estimate of drug-likeness (QED) is 0.742. The first-order valence-electron chi connectivity index (χ1n) is 7.20. The van der Waals surface area contributed by atoms with E-state index in [9.17, 15) is 0 Å². The Morgan fingerprint density at radius 2 is 1.32 bits per heavy atom. The Kier molecular flexibility index (Phi) is 4.84. The van der Waals surface area contributed by atoms with E-state index < -0.39 is 11.6 Å². The van der Waals surface area contributed by atoms with E-state index in [1.165, 1.54) is 0 Å². The molecule has 0 spiro atoms. The van der Waals surface area contributed by atoms with Crippen LogP contribution in [0, 0.1) is 0 Å². The second-order valence-electron chi connectivity index (χ2n) is 5.61. The van der Waals surface area contributed by atoms with Gasteiger partial charge >= 0.3 is 0 Å². The molecule has 2 fully saturated rings. The molecular weight excluding hydrogens is 248 g/mol. The van der Waals surface area contributed by atoms with Crippen molar-refractivity contribution in [2.45, 2.75) is 64.3 Å². The maximum atomic E-state index is 5.81. The Morgan fingerprint density at radius 3 is 1.63 bits per heavy atom. The lowest BCUT2D eigenvalue weighted by Gasteiger charge is -2.22. The summed E-state index contributed by atoms with van der Waals surface area (Å²) in [5.41, 5.74) is 0. The maximum Gasteiger partial charge on any atom is 0.165 e. The molecule has 0 aromatic rings. The largest absolute Gasteiger partial charge is 0.376 e. The maximum absolute atomic E-state index is 5.81. The summed E-state index contributed by atoms with van der Waals surface area (Å²) >= 11 is 0. The second-order valence-corrected chi connectivity index (χ2v) is 5.61. The molecule has 0 aliphatic carbocycles. The molecule has 0 bridgehead atoms. The van der Waals surface area contributed by atoms with Crippen LogP contribution >= 0.6 is 0 Å². The first-order chi connectivity index (χ1) is 8.99. The second kappa shape index (κ2) is 6.06. The molecule has 0 N–H and O–H groups in total. The van der Waals surface area contributed by atoms with Crippen LogP contribution in [-0.4, -0.2) is 50.2 Å². The van der Waals surface area contributed by atoms with Gasteiger partial charge in [0.15, 0.2) is 11.6 Å². The normalized spacial score (nSPS) is 42.9. The SMILES string of the molecule is CCC1(C)OCC(COCC2COC(C)(CC)O2)O1. The van der Waals surface area contributed by atoms with E-state index in [2.05, 4.69) is 13.8 Å². The van der Waals surface area contributed by atoms with Gasteiger partial charge in [-0.25, -0.2) is 0 Å². The summed E-state index contributed by atoms with van der Waals surface area (Å²) in [5, 5.41) is 0. The van der Waals surface area contributed by atoms with E-state index in [1.54, 1.807) is 0 Å². The molecule has 112 valence electrons. The van der Waals surface area contributed by atoms with Crippen LogP contribution < -0.4 is 0 Å². The summed E-state index contributed by atoms with van der Waals surface area (Å²) in [6.45, 7) is 10.3. The van der Waals surface area contributed by atoms with Gasteiger partial charge in [-0.05, 0) is 26.7 Å². The Hall–Kier alpha value is -0.200. The van der Waals surface area contributed by atoms with Crippen LogP contribution in [0.3, 0.4) is 0 Å². The fraction of sp³-hybridized carbons (Fsp3) is 1.00. The van der Waals surface area contributed by atoms with Crippen molar-refractivity contribution in [3.05, 3.63) is 0 Å². The van der Waals surface area contributed by atoms with E-state index in [-0.39, 0.29) is 12.2 Å². The molecule has 5 heteroatoms. The molecule has 2 saturated heterocycles. The van der Waals surface area contributed by atoms with Crippen molar-refractivity contribution in [1.82, 2.24) is 0 Å². The minimum Gasteiger partial charge on any atom is -0.376 e. The topological polar surface area (TPSA) is 46.2 Å². The highest BCUT2D eigenvalue weighted by Gasteiger charge is 2.37. The van der Waals surface area contributed by atoms with Gasteiger partial charge in [0.25, 0.3) is 0 Å². The number of rotatable bonds is 6. The number of ether oxygens (including phenoxy) is 5. The zero-order valence-electron chi connectivity index (χ0n) is 12.4. The van der Waals surface area contributed by atoms with Crippen LogP contribution in [0.25, 0.3) is 0 Å². The summed E-state index contributed by atoms with van der Waals surface area (Å²) in [4.78, 5) is 0. The molecule has 0 radical (unpaired) electrons. The third kappa shape index (κ3) is 3.89. The summed E-state index contributed by atoms with van der Waals surface area (Å²) in [5.74, 6) is -0.885. The average molecular weight is 274 g/mol. The van der Waals surface area contributed by atoms with Crippen LogP contribution in [0.4, 0.5) is 0 Å². The van der Waals surface area contributed by atoms with Gasteiger partial charge in [0.1, 0.15) is 12.2 Å². The van der Waals surface area contributed by atoms with Crippen molar-refractivity contribution in [1.29, 1.82) is 0 Å². The van der Waals surface area contributed by atoms with Crippen molar-refractivity contribution in [2.24, 2.45) is 0 Å². The lowest BCUT2D eigenvalue weighted by atomic mass is 10.2. The zero-order valence-corrected chi connectivity index (χ0v) is 12.4. The van der Waals surface area contributed by atoms with Gasteiger partial charge in [-0.15, -0.1) is 0 Å². The van der Waals surface area contributed by atoms with E-state index >= 15 is 0 Å². The van der Waals surface area contributed by atoms with Crippen molar-refractivity contribution < 1.29 is 23.7 Å². The van der Waals surface area contributed by atoms with Gasteiger partial charge in [-0.1, -0.05) is 13.8 Å². The fourth-order valence-corrected chi connectivity index (χ4v) is 2.25. The zero-order chi connectivity index (χ0) is 13.9. The minimum atomic E-state index is -0.443. The van der Waals surface area contributed by atoms with Gasteiger partial charge in [0.2, 0.25) is 0 Å². The molecule has 2 rings (SSSR count). The van der Waals surface area contributed by atoms with E-state index in [0.717, 1.165) is 12.8 Å². The van der Waals surface area contributed by atoms with E-state index in [4.69, 9.17) is 23.7 Å². The fourth-order valence-electron chi connectivity index (χ4n) is 2.25. The third-order valence-corrected chi connectivity index (χ3v) is 3.87. The third-order valence-electron chi connectivity index (χ3n) is 3.87. The molecule has 0 aromatic heterocycles. The van der Waals surface area contributed by atoms with Gasteiger partial charge in [-0.3, -0.25) is 0 Å². The van der Waals surface area contributed by atoms with Crippen LogP contribution in [0.15, 0.2) is 0 Å². The minimum absolute atomic E-state index is 0.0184. The first kappa shape index (κ1) is 15.2. The molecular formula is C14H26O5. The van der Waals surface area contributed by atoms with Gasteiger partial charge in [-0.2, -0.15) is 0 Å². The highest BCUT2D eigenvalue weighted by molar-refractivity contribution is 4.75. The Bertz CT molecular complexity index is 270. The predicted octanol–water partition coefficient (Wildman–Crippen LogP) is 2.09. The molecule has 2 aliphatic rings. The van der Waals surface area contributed by atoms with Crippen LogP contribution in [-0.2, 0) is 23.7 Å². The summed E-state index contributed by atoms with van der Waals surface area (Å²) in [7, 11) is 0. The highest BCUT2D eigenvalue weighted by Crippen LogP contribution is 2.28.